The maximum absolute atomic E-state index is 9.47. The second-order valence-corrected chi connectivity index (χ2v) is 4.45. The zero-order valence-corrected chi connectivity index (χ0v) is 10.0. The Morgan fingerprint density at radius 1 is 1.17 bits per heavy atom. The van der Waals surface area contributed by atoms with Gasteiger partial charge in [0.15, 0.2) is 17.0 Å². The Labute approximate surface area is 105 Å². The SMILES string of the molecule is OCC1CCCCN1c1ncnc2nccnc12. The summed E-state index contributed by atoms with van der Waals surface area (Å²) in [5.74, 6) is 0.784. The molecular weight excluding hydrogens is 230 g/mol. The van der Waals surface area contributed by atoms with Crippen LogP contribution in [-0.4, -0.2) is 44.2 Å². The number of hydrogen-bond donors (Lipinski definition) is 1. The first-order valence-corrected chi connectivity index (χ1v) is 6.19. The number of anilines is 1. The molecule has 3 rings (SSSR count). The van der Waals surface area contributed by atoms with Crippen LogP contribution in [-0.2, 0) is 0 Å². The van der Waals surface area contributed by atoms with Crippen molar-refractivity contribution < 1.29 is 5.11 Å². The fourth-order valence-electron chi connectivity index (χ4n) is 2.46. The molecule has 0 spiro atoms. The third-order valence-electron chi connectivity index (χ3n) is 3.36. The Hall–Kier alpha value is -1.82. The summed E-state index contributed by atoms with van der Waals surface area (Å²) in [6.07, 6.45) is 8.03. The Morgan fingerprint density at radius 2 is 2.06 bits per heavy atom. The van der Waals surface area contributed by atoms with Gasteiger partial charge in [0.25, 0.3) is 0 Å². The molecule has 0 aromatic carbocycles. The van der Waals surface area contributed by atoms with Gasteiger partial charge in [-0.15, -0.1) is 0 Å². The van der Waals surface area contributed by atoms with Crippen LogP contribution >= 0.6 is 0 Å². The molecule has 2 aromatic rings. The van der Waals surface area contributed by atoms with Crippen LogP contribution in [0.5, 0.6) is 0 Å². The summed E-state index contributed by atoms with van der Waals surface area (Å²) in [5.41, 5.74) is 1.31. The highest BCUT2D eigenvalue weighted by atomic mass is 16.3. The second kappa shape index (κ2) is 4.81. The molecule has 0 amide bonds. The second-order valence-electron chi connectivity index (χ2n) is 4.45. The largest absolute Gasteiger partial charge is 0.394 e. The monoisotopic (exact) mass is 245 g/mol. The molecule has 1 aliphatic heterocycles. The third-order valence-corrected chi connectivity index (χ3v) is 3.36. The van der Waals surface area contributed by atoms with E-state index in [4.69, 9.17) is 0 Å². The summed E-state index contributed by atoms with van der Waals surface area (Å²) >= 11 is 0. The smallest absolute Gasteiger partial charge is 0.183 e. The number of nitrogens with zero attached hydrogens (tertiary/aromatic N) is 5. The maximum atomic E-state index is 9.47. The normalized spacial score (nSPS) is 20.3. The predicted molar refractivity (Wildman–Crippen MR) is 67.2 cm³/mol. The summed E-state index contributed by atoms with van der Waals surface area (Å²) in [5, 5.41) is 9.47. The van der Waals surface area contributed by atoms with Gasteiger partial charge in [-0.1, -0.05) is 0 Å². The zero-order valence-electron chi connectivity index (χ0n) is 10.0. The van der Waals surface area contributed by atoms with E-state index >= 15 is 0 Å². The van der Waals surface area contributed by atoms with Crippen molar-refractivity contribution in [3.63, 3.8) is 0 Å². The first-order chi connectivity index (χ1) is 8.90. The lowest BCUT2D eigenvalue weighted by Crippen LogP contribution is -2.42. The summed E-state index contributed by atoms with van der Waals surface area (Å²) in [4.78, 5) is 19.1. The summed E-state index contributed by atoms with van der Waals surface area (Å²) in [7, 11) is 0. The minimum absolute atomic E-state index is 0.124. The van der Waals surface area contributed by atoms with E-state index in [2.05, 4.69) is 24.8 Å². The number of aromatic nitrogens is 4. The van der Waals surface area contributed by atoms with Crippen LogP contribution in [0.1, 0.15) is 19.3 Å². The highest BCUT2D eigenvalue weighted by Crippen LogP contribution is 2.26. The van der Waals surface area contributed by atoms with Gasteiger partial charge in [-0.05, 0) is 19.3 Å². The minimum atomic E-state index is 0.124. The molecule has 1 saturated heterocycles. The summed E-state index contributed by atoms with van der Waals surface area (Å²) < 4.78 is 0. The summed E-state index contributed by atoms with van der Waals surface area (Å²) in [6, 6.07) is 0.124. The quantitative estimate of drug-likeness (QED) is 0.842. The molecule has 6 nitrogen and oxygen atoms in total. The molecule has 0 bridgehead atoms. The van der Waals surface area contributed by atoms with E-state index in [1.807, 2.05) is 0 Å². The number of hydrogen-bond acceptors (Lipinski definition) is 6. The molecule has 1 aliphatic rings. The van der Waals surface area contributed by atoms with Gasteiger partial charge in [0.1, 0.15) is 6.33 Å². The minimum Gasteiger partial charge on any atom is -0.394 e. The lowest BCUT2D eigenvalue weighted by Gasteiger charge is -2.35. The first-order valence-electron chi connectivity index (χ1n) is 6.19. The zero-order chi connectivity index (χ0) is 12.4. The molecular formula is C12H15N5O. The third kappa shape index (κ3) is 1.88. The Morgan fingerprint density at radius 3 is 2.94 bits per heavy atom. The van der Waals surface area contributed by atoms with Crippen molar-refractivity contribution in [2.45, 2.75) is 25.3 Å². The van der Waals surface area contributed by atoms with Crippen molar-refractivity contribution in [2.24, 2.45) is 0 Å². The molecule has 2 aromatic heterocycles. The molecule has 0 radical (unpaired) electrons. The number of fused-ring (bicyclic) bond motifs is 1. The van der Waals surface area contributed by atoms with Gasteiger partial charge in [0.05, 0.1) is 12.6 Å². The molecule has 1 fully saturated rings. The van der Waals surface area contributed by atoms with E-state index in [-0.39, 0.29) is 12.6 Å². The van der Waals surface area contributed by atoms with Crippen LogP contribution in [0, 0.1) is 0 Å². The van der Waals surface area contributed by atoms with E-state index in [1.165, 1.54) is 6.33 Å². The molecule has 3 heterocycles. The van der Waals surface area contributed by atoms with Gasteiger partial charge in [-0.25, -0.2) is 19.9 Å². The molecule has 18 heavy (non-hydrogen) atoms. The van der Waals surface area contributed by atoms with Crippen LogP contribution < -0.4 is 4.90 Å². The highest BCUT2D eigenvalue weighted by Gasteiger charge is 2.25. The van der Waals surface area contributed by atoms with Crippen molar-refractivity contribution in [1.82, 2.24) is 19.9 Å². The van der Waals surface area contributed by atoms with Crippen LogP contribution in [0.2, 0.25) is 0 Å². The molecule has 0 aliphatic carbocycles. The van der Waals surface area contributed by atoms with E-state index in [0.717, 1.165) is 31.6 Å². The highest BCUT2D eigenvalue weighted by molar-refractivity contribution is 5.82. The average molecular weight is 245 g/mol. The van der Waals surface area contributed by atoms with Gasteiger partial charge in [-0.2, -0.15) is 0 Å². The molecule has 1 N–H and O–H groups in total. The topological polar surface area (TPSA) is 75.0 Å². The molecule has 1 unspecified atom stereocenters. The summed E-state index contributed by atoms with van der Waals surface area (Å²) in [6.45, 7) is 1.04. The average Bonchev–Trinajstić information content (AvgIpc) is 2.46. The maximum Gasteiger partial charge on any atom is 0.183 e. The lowest BCUT2D eigenvalue weighted by molar-refractivity contribution is 0.239. The van der Waals surface area contributed by atoms with Gasteiger partial charge in [-0.3, -0.25) is 0 Å². The first kappa shape index (κ1) is 11.3. The van der Waals surface area contributed by atoms with Crippen molar-refractivity contribution in [3.8, 4) is 0 Å². The molecule has 6 heteroatoms. The van der Waals surface area contributed by atoms with Crippen molar-refractivity contribution in [2.75, 3.05) is 18.1 Å². The van der Waals surface area contributed by atoms with E-state index in [9.17, 15) is 5.11 Å². The van der Waals surface area contributed by atoms with Crippen molar-refractivity contribution in [1.29, 1.82) is 0 Å². The van der Waals surface area contributed by atoms with E-state index < -0.39 is 0 Å². The van der Waals surface area contributed by atoms with Gasteiger partial charge in [0, 0.05) is 18.9 Å². The number of rotatable bonds is 2. The number of piperidine rings is 1. The van der Waals surface area contributed by atoms with Crippen LogP contribution in [0.25, 0.3) is 11.2 Å². The van der Waals surface area contributed by atoms with Crippen LogP contribution in [0.15, 0.2) is 18.7 Å². The predicted octanol–water partition coefficient (Wildman–Crippen LogP) is 0.771. The molecule has 0 saturated carbocycles. The Kier molecular flexibility index (Phi) is 3.02. The fourth-order valence-corrected chi connectivity index (χ4v) is 2.46. The van der Waals surface area contributed by atoms with Gasteiger partial charge >= 0.3 is 0 Å². The fraction of sp³-hybridized carbons (Fsp3) is 0.500. The molecule has 1 atom stereocenters. The van der Waals surface area contributed by atoms with Crippen LogP contribution in [0.4, 0.5) is 5.82 Å². The Balaban J connectivity index is 2.07. The molecule has 94 valence electrons. The number of aliphatic hydroxyl groups is 1. The van der Waals surface area contributed by atoms with Crippen molar-refractivity contribution in [3.05, 3.63) is 18.7 Å². The van der Waals surface area contributed by atoms with Crippen molar-refractivity contribution >= 4 is 17.0 Å². The standard InChI is InChI=1S/C12H15N5O/c18-7-9-3-1-2-6-17(9)12-10-11(15-8-16-12)14-5-4-13-10/h4-5,8-9,18H,1-3,6-7H2. The van der Waals surface area contributed by atoms with E-state index in [1.54, 1.807) is 12.4 Å². The Bertz CT molecular complexity index is 541. The van der Waals surface area contributed by atoms with E-state index in [0.29, 0.717) is 11.2 Å². The van der Waals surface area contributed by atoms with Gasteiger partial charge in [0.2, 0.25) is 0 Å². The van der Waals surface area contributed by atoms with Gasteiger partial charge < -0.3 is 10.0 Å². The van der Waals surface area contributed by atoms with Crippen LogP contribution in [0.3, 0.4) is 0 Å². The lowest BCUT2D eigenvalue weighted by atomic mass is 10.0. The number of aliphatic hydroxyl groups excluding tert-OH is 1.